The van der Waals surface area contributed by atoms with E-state index >= 15 is 4.79 Å². The molecule has 0 saturated carbocycles. The number of amides is 3. The number of carbonyl (C=O) groups is 3. The summed E-state index contributed by atoms with van der Waals surface area (Å²) in [5, 5.41) is 10.7. The maximum absolute atomic E-state index is 15.1. The van der Waals surface area contributed by atoms with Crippen LogP contribution in [-0.2, 0) is 19.1 Å². The van der Waals surface area contributed by atoms with E-state index in [1.54, 1.807) is 26.9 Å². The normalized spacial score (nSPS) is 26.4. The molecule has 3 aliphatic heterocycles. The first-order valence-corrected chi connectivity index (χ1v) is 18.0. The molecule has 1 spiro atoms. The van der Waals surface area contributed by atoms with Crippen molar-refractivity contribution in [2.24, 2.45) is 17.8 Å². The zero-order valence-electron chi connectivity index (χ0n) is 28.5. The summed E-state index contributed by atoms with van der Waals surface area (Å²) >= 11 is 3.80. The fourth-order valence-electron chi connectivity index (χ4n) is 8.11. The Morgan fingerprint density at radius 3 is 2.08 bits per heavy atom. The molecular weight excluding hydrogens is 672 g/mol. The van der Waals surface area contributed by atoms with Gasteiger partial charge in [0.15, 0.2) is 0 Å². The average molecular weight is 722 g/mol. The van der Waals surface area contributed by atoms with E-state index < -0.39 is 35.6 Å². The van der Waals surface area contributed by atoms with Crippen molar-refractivity contribution >= 4 is 50.7 Å². The van der Waals surface area contributed by atoms with E-state index in [9.17, 15) is 14.7 Å². The summed E-state index contributed by atoms with van der Waals surface area (Å²) in [4.78, 5) is 51.3. The molecule has 0 aromatic heterocycles. The standard InChI is InChI=1S/C38H49BrN4O5/c1-7-20-41(27-14-12-11-13-15-27)35(45)31-32-36(46)43(29(24-44)22-25(5)6)34(38(32)23-30(39)33(31)48-38)37(47)42(21-8-2)28-18-16-26(17-19-28)40(9-3)10-4/h7-8,11-19,25,29-34,44H,1-2,9-10,20-24H2,3-6H3/t29-,30?,31+,32+,33+,34?,38?/m1/s1. The van der Waals surface area contributed by atoms with Gasteiger partial charge >= 0.3 is 0 Å². The Bertz CT molecular complexity index is 1480. The van der Waals surface area contributed by atoms with Gasteiger partial charge in [-0.05, 0) is 69.0 Å². The number of ether oxygens (including phenoxy) is 1. The molecule has 258 valence electrons. The lowest BCUT2D eigenvalue weighted by Crippen LogP contribution is -2.59. The van der Waals surface area contributed by atoms with Gasteiger partial charge in [0.25, 0.3) is 5.91 Å². The van der Waals surface area contributed by atoms with Gasteiger partial charge in [-0.3, -0.25) is 14.4 Å². The number of para-hydroxylation sites is 1. The summed E-state index contributed by atoms with van der Waals surface area (Å²) in [7, 11) is 0. The number of hydrogen-bond acceptors (Lipinski definition) is 6. The Balaban J connectivity index is 1.61. The Morgan fingerprint density at radius 2 is 1.54 bits per heavy atom. The molecule has 7 atom stereocenters. The topological polar surface area (TPSA) is 93.6 Å². The van der Waals surface area contributed by atoms with Crippen LogP contribution < -0.4 is 14.7 Å². The van der Waals surface area contributed by atoms with Crippen molar-refractivity contribution in [2.75, 3.05) is 47.5 Å². The van der Waals surface area contributed by atoms with Crippen LogP contribution in [0.1, 0.15) is 40.5 Å². The highest BCUT2D eigenvalue weighted by Crippen LogP contribution is 2.61. The first kappa shape index (κ1) is 35.8. The smallest absolute Gasteiger partial charge is 0.253 e. The molecule has 2 bridgehead atoms. The number of fused-ring (bicyclic) bond motifs is 1. The molecule has 3 saturated heterocycles. The summed E-state index contributed by atoms with van der Waals surface area (Å²) in [5.74, 6) is -2.48. The molecule has 2 aromatic carbocycles. The SMILES string of the molecule is C=CCN(C(=O)C1N([C@@H](CO)CC(C)C)C(=O)[C@@H]2[C@H](C(=O)N(CC=C)c3ccccc3)[C@H]3OC12CC3Br)c1ccc(N(CC)CC)cc1. The number of aliphatic hydroxyl groups is 1. The summed E-state index contributed by atoms with van der Waals surface area (Å²) in [6.45, 7) is 17.9. The molecule has 3 heterocycles. The molecule has 1 N–H and O–H groups in total. The lowest BCUT2D eigenvalue weighted by molar-refractivity contribution is -0.144. The van der Waals surface area contributed by atoms with Crippen LogP contribution in [0.3, 0.4) is 0 Å². The molecular formula is C38H49BrN4O5. The van der Waals surface area contributed by atoms with Gasteiger partial charge in [-0.15, -0.1) is 13.2 Å². The third-order valence-electron chi connectivity index (χ3n) is 10.1. The zero-order valence-corrected chi connectivity index (χ0v) is 30.1. The third-order valence-corrected chi connectivity index (χ3v) is 11.0. The van der Waals surface area contributed by atoms with Crippen molar-refractivity contribution in [3.63, 3.8) is 0 Å². The highest BCUT2D eigenvalue weighted by Gasteiger charge is 2.77. The van der Waals surface area contributed by atoms with Gasteiger partial charge in [-0.1, -0.05) is 60.1 Å². The molecule has 2 aromatic rings. The largest absolute Gasteiger partial charge is 0.394 e. The minimum absolute atomic E-state index is 0.139. The van der Waals surface area contributed by atoms with Gasteiger partial charge in [0, 0.05) is 48.1 Å². The maximum Gasteiger partial charge on any atom is 0.253 e. The molecule has 3 unspecified atom stereocenters. The molecule has 0 aliphatic carbocycles. The Labute approximate surface area is 293 Å². The van der Waals surface area contributed by atoms with Crippen LogP contribution in [0.5, 0.6) is 0 Å². The van der Waals surface area contributed by atoms with E-state index in [1.165, 1.54) is 0 Å². The summed E-state index contributed by atoms with van der Waals surface area (Å²) in [6.07, 6.45) is 3.59. The van der Waals surface area contributed by atoms with Gasteiger partial charge in [0.1, 0.15) is 11.6 Å². The van der Waals surface area contributed by atoms with E-state index in [2.05, 4.69) is 47.8 Å². The number of anilines is 3. The Hall–Kier alpha value is -3.47. The van der Waals surface area contributed by atoms with E-state index in [4.69, 9.17) is 4.74 Å². The molecule has 48 heavy (non-hydrogen) atoms. The number of aliphatic hydroxyl groups excluding tert-OH is 1. The van der Waals surface area contributed by atoms with Crippen LogP contribution >= 0.6 is 15.9 Å². The van der Waals surface area contributed by atoms with Gasteiger partial charge in [0.05, 0.1) is 30.6 Å². The van der Waals surface area contributed by atoms with Crippen molar-refractivity contribution in [1.82, 2.24) is 4.90 Å². The van der Waals surface area contributed by atoms with E-state index in [0.717, 1.165) is 18.8 Å². The molecule has 3 fully saturated rings. The predicted molar refractivity (Wildman–Crippen MR) is 194 cm³/mol. The second kappa shape index (κ2) is 15.0. The first-order valence-electron chi connectivity index (χ1n) is 17.1. The lowest BCUT2D eigenvalue weighted by Gasteiger charge is -2.40. The van der Waals surface area contributed by atoms with E-state index in [-0.39, 0.29) is 48.2 Å². The lowest BCUT2D eigenvalue weighted by atomic mass is 9.70. The van der Waals surface area contributed by atoms with Crippen molar-refractivity contribution in [3.8, 4) is 0 Å². The van der Waals surface area contributed by atoms with Crippen molar-refractivity contribution < 1.29 is 24.2 Å². The molecule has 3 aliphatic rings. The number of carbonyl (C=O) groups excluding carboxylic acids is 3. The summed E-state index contributed by atoms with van der Waals surface area (Å²) in [6, 6.07) is 15.5. The number of rotatable bonds is 15. The number of benzene rings is 2. The Morgan fingerprint density at radius 1 is 0.979 bits per heavy atom. The van der Waals surface area contributed by atoms with Gasteiger partial charge in [-0.2, -0.15) is 0 Å². The molecule has 0 radical (unpaired) electrons. The second-order valence-electron chi connectivity index (χ2n) is 13.4. The molecule has 5 rings (SSSR count). The van der Waals surface area contributed by atoms with Gasteiger partial charge < -0.3 is 29.4 Å². The number of halogens is 1. The van der Waals surface area contributed by atoms with Crippen LogP contribution in [-0.4, -0.2) is 89.1 Å². The van der Waals surface area contributed by atoms with Crippen LogP contribution in [0.25, 0.3) is 0 Å². The van der Waals surface area contributed by atoms with Gasteiger partial charge in [0.2, 0.25) is 11.8 Å². The summed E-state index contributed by atoms with van der Waals surface area (Å²) in [5.41, 5.74) is 1.14. The second-order valence-corrected chi connectivity index (χ2v) is 14.6. The Kier molecular flexibility index (Phi) is 11.2. The number of nitrogens with zero attached hydrogens (tertiary/aromatic N) is 4. The van der Waals surface area contributed by atoms with Crippen LogP contribution in [0.4, 0.5) is 17.1 Å². The minimum atomic E-state index is -1.27. The van der Waals surface area contributed by atoms with Crippen LogP contribution in [0.15, 0.2) is 79.9 Å². The maximum atomic E-state index is 15.1. The number of hydrogen-bond donors (Lipinski definition) is 1. The first-order chi connectivity index (χ1) is 23.1. The van der Waals surface area contributed by atoms with Crippen molar-refractivity contribution in [1.29, 1.82) is 0 Å². The highest BCUT2D eigenvalue weighted by molar-refractivity contribution is 9.09. The van der Waals surface area contributed by atoms with E-state index in [1.807, 2.05) is 68.4 Å². The highest BCUT2D eigenvalue weighted by atomic mass is 79.9. The van der Waals surface area contributed by atoms with Crippen molar-refractivity contribution in [2.45, 2.75) is 69.2 Å². The summed E-state index contributed by atoms with van der Waals surface area (Å²) < 4.78 is 6.83. The third kappa shape index (κ3) is 6.23. The van der Waals surface area contributed by atoms with Crippen molar-refractivity contribution in [3.05, 3.63) is 79.9 Å². The fourth-order valence-corrected chi connectivity index (χ4v) is 9.06. The molecule has 9 nitrogen and oxygen atoms in total. The average Bonchev–Trinajstić information content (AvgIpc) is 3.68. The number of likely N-dealkylation sites (tertiary alicyclic amines) is 1. The minimum Gasteiger partial charge on any atom is -0.394 e. The predicted octanol–water partition coefficient (Wildman–Crippen LogP) is 5.43. The monoisotopic (exact) mass is 720 g/mol. The zero-order chi connectivity index (χ0) is 34.7. The van der Waals surface area contributed by atoms with Crippen LogP contribution in [0, 0.1) is 17.8 Å². The molecule has 10 heteroatoms. The van der Waals surface area contributed by atoms with E-state index in [0.29, 0.717) is 24.2 Å². The van der Waals surface area contributed by atoms with Crippen LogP contribution in [0.2, 0.25) is 0 Å². The quantitative estimate of drug-likeness (QED) is 0.195. The number of alkyl halides is 1. The fraction of sp³-hybridized carbons (Fsp3) is 0.500. The molecule has 3 amide bonds. The van der Waals surface area contributed by atoms with Gasteiger partial charge in [-0.25, -0.2) is 0 Å².